The first-order chi connectivity index (χ1) is 15.4. The summed E-state index contributed by atoms with van der Waals surface area (Å²) in [7, 11) is -1.95. The molecule has 0 saturated carbocycles. The highest BCUT2D eigenvalue weighted by Gasteiger charge is 2.24. The number of sulfonamides is 1. The zero-order valence-corrected chi connectivity index (χ0v) is 18.6. The molecule has 0 atom stereocenters. The largest absolute Gasteiger partial charge is 0.352 e. The smallest absolute Gasteiger partial charge is 0.244 e. The minimum Gasteiger partial charge on any atom is -0.352 e. The molecule has 0 unspecified atom stereocenters. The zero-order valence-electron chi connectivity index (χ0n) is 17.8. The van der Waals surface area contributed by atoms with Crippen molar-refractivity contribution in [2.75, 3.05) is 51.2 Å². The quantitative estimate of drug-likeness (QED) is 0.539. The first-order valence-corrected chi connectivity index (χ1v) is 11.8. The zero-order chi connectivity index (χ0) is 22.6. The van der Waals surface area contributed by atoms with E-state index in [4.69, 9.17) is 0 Å². The Morgan fingerprint density at radius 3 is 2.41 bits per heavy atom. The van der Waals surface area contributed by atoms with Crippen LogP contribution in [0.4, 0.5) is 10.2 Å². The van der Waals surface area contributed by atoms with Crippen molar-refractivity contribution < 1.29 is 12.8 Å². The van der Waals surface area contributed by atoms with E-state index in [-0.39, 0.29) is 10.7 Å². The minimum atomic E-state index is -3.54. The number of likely N-dealkylation sites (N-methyl/N-ethyl adjacent to an activating group) is 1. The molecule has 32 heavy (non-hydrogen) atoms. The van der Waals surface area contributed by atoms with Crippen LogP contribution < -0.4 is 4.90 Å². The second-order valence-electron chi connectivity index (χ2n) is 7.58. The molecule has 3 aromatic rings. The molecule has 1 aromatic carbocycles. The molecule has 1 aliphatic heterocycles. The normalized spacial score (nSPS) is 15.3. The summed E-state index contributed by atoms with van der Waals surface area (Å²) in [6.07, 6.45) is 6.21. The summed E-state index contributed by atoms with van der Waals surface area (Å²) >= 11 is 0. The maximum absolute atomic E-state index is 13.3. The predicted octanol–water partition coefficient (Wildman–Crippen LogP) is 2.12. The van der Waals surface area contributed by atoms with E-state index in [1.807, 2.05) is 0 Å². The predicted molar refractivity (Wildman–Crippen MR) is 120 cm³/mol. The van der Waals surface area contributed by atoms with Gasteiger partial charge in [-0.25, -0.2) is 17.8 Å². The van der Waals surface area contributed by atoms with Crippen LogP contribution in [0.25, 0.3) is 11.3 Å². The van der Waals surface area contributed by atoms with Gasteiger partial charge in [0.15, 0.2) is 5.82 Å². The molecule has 0 spiro atoms. The van der Waals surface area contributed by atoms with Gasteiger partial charge in [0.25, 0.3) is 0 Å². The summed E-state index contributed by atoms with van der Waals surface area (Å²) in [6.45, 7) is 4.07. The third-order valence-electron chi connectivity index (χ3n) is 5.54. The highest BCUT2D eigenvalue weighted by molar-refractivity contribution is 7.89. The Labute approximate surface area is 187 Å². The molecule has 0 aliphatic carbocycles. The number of rotatable bonds is 7. The Kier molecular flexibility index (Phi) is 6.73. The van der Waals surface area contributed by atoms with Crippen LogP contribution in [0, 0.1) is 5.82 Å². The average molecular weight is 457 g/mol. The monoisotopic (exact) mass is 456 g/mol. The summed E-state index contributed by atoms with van der Waals surface area (Å²) in [6, 6.07) is 9.42. The molecule has 2 aromatic heterocycles. The first-order valence-electron chi connectivity index (χ1n) is 10.4. The van der Waals surface area contributed by atoms with Gasteiger partial charge in [-0.05, 0) is 36.4 Å². The Morgan fingerprint density at radius 1 is 1.00 bits per heavy atom. The third-order valence-corrected chi connectivity index (χ3v) is 7.38. The Morgan fingerprint density at radius 2 is 1.72 bits per heavy atom. The molecular formula is C22H25FN6O2S. The number of anilines is 1. The second-order valence-corrected chi connectivity index (χ2v) is 9.62. The van der Waals surface area contributed by atoms with Gasteiger partial charge in [-0.1, -0.05) is 0 Å². The first kappa shape index (κ1) is 22.3. The van der Waals surface area contributed by atoms with E-state index in [1.54, 1.807) is 49.9 Å². The van der Waals surface area contributed by atoms with Gasteiger partial charge in [0.2, 0.25) is 10.0 Å². The lowest BCUT2D eigenvalue weighted by atomic mass is 10.1. The highest BCUT2D eigenvalue weighted by Crippen LogP contribution is 2.27. The van der Waals surface area contributed by atoms with Crippen LogP contribution in [0.5, 0.6) is 0 Å². The third kappa shape index (κ3) is 4.93. The fourth-order valence-electron chi connectivity index (χ4n) is 3.64. The van der Waals surface area contributed by atoms with E-state index in [1.165, 1.54) is 22.6 Å². The van der Waals surface area contributed by atoms with Crippen LogP contribution in [-0.2, 0) is 10.0 Å². The molecule has 168 valence electrons. The van der Waals surface area contributed by atoms with Crippen molar-refractivity contribution in [1.29, 1.82) is 0 Å². The van der Waals surface area contributed by atoms with E-state index in [0.29, 0.717) is 13.1 Å². The van der Waals surface area contributed by atoms with Gasteiger partial charge in [0, 0.05) is 76.7 Å². The van der Waals surface area contributed by atoms with Gasteiger partial charge in [0.05, 0.1) is 0 Å². The van der Waals surface area contributed by atoms with Gasteiger partial charge in [-0.2, -0.15) is 4.31 Å². The lowest BCUT2D eigenvalue weighted by Crippen LogP contribution is -2.49. The molecule has 10 heteroatoms. The number of nitrogens with zero attached hydrogens (tertiary/aromatic N) is 6. The van der Waals surface area contributed by atoms with Crippen molar-refractivity contribution in [3.8, 4) is 11.3 Å². The molecule has 8 nitrogen and oxygen atoms in total. The fraction of sp³-hybridized carbons (Fsp3) is 0.318. The molecule has 0 bridgehead atoms. The molecule has 1 aliphatic rings. The van der Waals surface area contributed by atoms with Crippen molar-refractivity contribution in [1.82, 2.24) is 24.2 Å². The highest BCUT2D eigenvalue weighted by atomic mass is 32.2. The molecule has 0 radical (unpaired) electrons. The molecule has 1 saturated heterocycles. The van der Waals surface area contributed by atoms with Gasteiger partial charge in [0.1, 0.15) is 16.4 Å². The molecular weight excluding hydrogens is 431 g/mol. The van der Waals surface area contributed by atoms with Crippen molar-refractivity contribution in [2.24, 2.45) is 0 Å². The van der Waals surface area contributed by atoms with Gasteiger partial charge in [-0.3, -0.25) is 14.9 Å². The van der Waals surface area contributed by atoms with Crippen molar-refractivity contribution >= 4 is 15.8 Å². The van der Waals surface area contributed by atoms with Crippen LogP contribution >= 0.6 is 0 Å². The summed E-state index contributed by atoms with van der Waals surface area (Å²) in [4.78, 5) is 17.5. The summed E-state index contributed by atoms with van der Waals surface area (Å²) < 4.78 is 40.0. The summed E-state index contributed by atoms with van der Waals surface area (Å²) in [5, 5.41) is 0. The Hall–Kier alpha value is -2.95. The Balaban J connectivity index is 1.36. The standard InChI is InChI=1S/C22H25FN6O2S/c1-27(32(30,31)20-3-2-8-24-17-20)11-12-28-13-15-29(16-14-28)22-21(25-9-10-26-22)18-4-6-19(23)7-5-18/h2-10,17H,11-16H2,1H3. The number of hydrogen-bond acceptors (Lipinski definition) is 7. The number of piperazine rings is 1. The van der Waals surface area contributed by atoms with E-state index >= 15 is 0 Å². The number of pyridine rings is 1. The van der Waals surface area contributed by atoms with Crippen LogP contribution in [0.2, 0.25) is 0 Å². The van der Waals surface area contributed by atoms with E-state index in [9.17, 15) is 12.8 Å². The molecule has 4 rings (SSSR count). The lowest BCUT2D eigenvalue weighted by Gasteiger charge is -2.36. The fourth-order valence-corrected chi connectivity index (χ4v) is 4.77. The minimum absolute atomic E-state index is 0.197. The van der Waals surface area contributed by atoms with E-state index in [2.05, 4.69) is 24.8 Å². The van der Waals surface area contributed by atoms with Crippen LogP contribution in [-0.4, -0.2) is 78.9 Å². The summed E-state index contributed by atoms with van der Waals surface area (Å²) in [5.41, 5.74) is 1.54. The lowest BCUT2D eigenvalue weighted by molar-refractivity contribution is 0.243. The van der Waals surface area contributed by atoms with Crippen LogP contribution in [0.1, 0.15) is 0 Å². The van der Waals surface area contributed by atoms with Crippen molar-refractivity contribution in [3.63, 3.8) is 0 Å². The van der Waals surface area contributed by atoms with Crippen molar-refractivity contribution in [2.45, 2.75) is 4.90 Å². The van der Waals surface area contributed by atoms with E-state index in [0.717, 1.165) is 43.3 Å². The van der Waals surface area contributed by atoms with Gasteiger partial charge in [-0.15, -0.1) is 0 Å². The Bertz CT molecular complexity index is 1140. The van der Waals surface area contributed by atoms with E-state index < -0.39 is 10.0 Å². The maximum Gasteiger partial charge on any atom is 0.244 e. The SMILES string of the molecule is CN(CCN1CCN(c2nccnc2-c2ccc(F)cc2)CC1)S(=O)(=O)c1cccnc1. The second kappa shape index (κ2) is 9.68. The topological polar surface area (TPSA) is 82.5 Å². The number of halogens is 1. The number of aromatic nitrogens is 3. The molecule has 0 N–H and O–H groups in total. The number of benzene rings is 1. The summed E-state index contributed by atoms with van der Waals surface area (Å²) in [5.74, 6) is 0.485. The van der Waals surface area contributed by atoms with Crippen LogP contribution in [0.15, 0.2) is 66.1 Å². The maximum atomic E-state index is 13.3. The number of hydrogen-bond donors (Lipinski definition) is 0. The molecule has 1 fully saturated rings. The van der Waals surface area contributed by atoms with Gasteiger partial charge >= 0.3 is 0 Å². The van der Waals surface area contributed by atoms with Crippen LogP contribution in [0.3, 0.4) is 0 Å². The molecule has 0 amide bonds. The molecule has 3 heterocycles. The van der Waals surface area contributed by atoms with Crippen molar-refractivity contribution in [3.05, 3.63) is 67.0 Å². The average Bonchev–Trinajstić information content (AvgIpc) is 2.84. The van der Waals surface area contributed by atoms with Gasteiger partial charge < -0.3 is 4.90 Å².